The van der Waals surface area contributed by atoms with Crippen LogP contribution in [0.1, 0.15) is 65.7 Å². The van der Waals surface area contributed by atoms with Crippen LogP contribution in [0.5, 0.6) is 0 Å². The Morgan fingerprint density at radius 1 is 1.39 bits per heavy atom. The van der Waals surface area contributed by atoms with Crippen LogP contribution in [-0.4, -0.2) is 17.6 Å². The molecule has 1 N–H and O–H groups in total. The summed E-state index contributed by atoms with van der Waals surface area (Å²) < 4.78 is 14.6. The smallest absolute Gasteiger partial charge is 0.154 e. The summed E-state index contributed by atoms with van der Waals surface area (Å²) in [5.41, 5.74) is 4.33. The monoisotopic (exact) mass is 405 g/mol. The number of nitrogens with zero attached hydrogens (tertiary/aromatic N) is 2. The van der Waals surface area contributed by atoms with Crippen molar-refractivity contribution in [2.24, 2.45) is 33.3 Å². The van der Waals surface area contributed by atoms with E-state index in [4.69, 9.17) is 16.6 Å². The van der Waals surface area contributed by atoms with Crippen LogP contribution in [0, 0.1) is 23.2 Å². The molecular formula is C23H33ClFN3. The summed E-state index contributed by atoms with van der Waals surface area (Å²) in [6.07, 6.45) is 12.8. The van der Waals surface area contributed by atoms with Crippen LogP contribution in [0.15, 0.2) is 45.8 Å². The molecule has 0 bridgehead atoms. The average molecular weight is 406 g/mol. The summed E-state index contributed by atoms with van der Waals surface area (Å²) in [7, 11) is 0. The summed E-state index contributed by atoms with van der Waals surface area (Å²) in [5.74, 6) is 1.30. The Bertz CT molecular complexity index is 709. The minimum atomic E-state index is -0.247. The molecule has 2 saturated carbocycles. The molecule has 0 aromatic heterocycles. The number of hydrogen-bond acceptors (Lipinski definition) is 3. The van der Waals surface area contributed by atoms with Gasteiger partial charge in [-0.1, -0.05) is 50.1 Å². The highest BCUT2D eigenvalue weighted by molar-refractivity contribution is 6.29. The van der Waals surface area contributed by atoms with Crippen molar-refractivity contribution in [2.75, 3.05) is 0 Å². The second kappa shape index (κ2) is 8.94. The molecule has 0 aromatic carbocycles. The van der Waals surface area contributed by atoms with E-state index < -0.39 is 0 Å². The van der Waals surface area contributed by atoms with Gasteiger partial charge in [0.15, 0.2) is 5.84 Å². The number of allylic oxidation sites excluding steroid dienone is 4. The first-order valence-electron chi connectivity index (χ1n) is 10.7. The third-order valence-corrected chi connectivity index (χ3v) is 6.46. The van der Waals surface area contributed by atoms with Crippen LogP contribution in [0.25, 0.3) is 0 Å². The molecule has 3 rings (SSSR count). The van der Waals surface area contributed by atoms with Gasteiger partial charge in [-0.2, -0.15) is 5.10 Å². The normalized spacial score (nSPS) is 26.7. The Kier molecular flexibility index (Phi) is 6.80. The first kappa shape index (κ1) is 21.3. The fourth-order valence-corrected chi connectivity index (χ4v) is 4.18. The van der Waals surface area contributed by atoms with Gasteiger partial charge < -0.3 is 0 Å². The fraction of sp³-hybridized carbons (Fsp3) is 0.652. The molecule has 28 heavy (non-hydrogen) atoms. The van der Waals surface area contributed by atoms with Gasteiger partial charge in [0.1, 0.15) is 5.83 Å². The molecule has 154 valence electrons. The van der Waals surface area contributed by atoms with Crippen molar-refractivity contribution >= 4 is 23.1 Å². The van der Waals surface area contributed by atoms with Gasteiger partial charge in [0, 0.05) is 22.1 Å². The highest BCUT2D eigenvalue weighted by Crippen LogP contribution is 2.56. The maximum absolute atomic E-state index is 14.6. The number of rotatable bonds is 10. The summed E-state index contributed by atoms with van der Waals surface area (Å²) >= 11 is 6.04. The van der Waals surface area contributed by atoms with Crippen molar-refractivity contribution < 1.29 is 4.39 Å². The second-order valence-electron chi connectivity index (χ2n) is 8.54. The zero-order valence-corrected chi connectivity index (χ0v) is 18.1. The largest absolute Gasteiger partial charge is 0.299 e. The second-order valence-corrected chi connectivity index (χ2v) is 9.14. The quantitative estimate of drug-likeness (QED) is 0.412. The summed E-state index contributed by atoms with van der Waals surface area (Å²) in [4.78, 5) is 5.05. The van der Waals surface area contributed by atoms with E-state index in [0.29, 0.717) is 5.92 Å². The van der Waals surface area contributed by atoms with Crippen molar-refractivity contribution in [1.29, 1.82) is 0 Å². The van der Waals surface area contributed by atoms with Gasteiger partial charge in [0.25, 0.3) is 0 Å². The molecule has 0 radical (unpaired) electrons. The maximum atomic E-state index is 14.6. The van der Waals surface area contributed by atoms with E-state index in [9.17, 15) is 4.39 Å². The van der Waals surface area contributed by atoms with E-state index in [1.165, 1.54) is 0 Å². The molecule has 3 atom stereocenters. The third kappa shape index (κ3) is 4.59. The molecule has 0 saturated heterocycles. The first-order valence-corrected chi connectivity index (χ1v) is 11.0. The number of hydrazone groups is 1. The average Bonchev–Trinajstić information content (AvgIpc) is 3.59. The van der Waals surface area contributed by atoms with Gasteiger partial charge in [-0.3, -0.25) is 5.43 Å². The molecule has 0 aromatic rings. The Morgan fingerprint density at radius 2 is 2.11 bits per heavy atom. The summed E-state index contributed by atoms with van der Waals surface area (Å²) in [5, 5.41) is 5.47. The van der Waals surface area contributed by atoms with Crippen LogP contribution < -0.4 is 5.43 Å². The van der Waals surface area contributed by atoms with Crippen molar-refractivity contribution in [3.63, 3.8) is 0 Å². The molecule has 3 aliphatic rings. The number of unbranched alkanes of at least 4 members (excludes halogenated alkanes) is 1. The van der Waals surface area contributed by atoms with E-state index in [1.807, 2.05) is 19.9 Å². The topological polar surface area (TPSA) is 36.8 Å². The minimum Gasteiger partial charge on any atom is -0.299 e. The Hall–Kier alpha value is -1.42. The number of aliphatic imine (C=N–C) groups is 1. The third-order valence-electron chi connectivity index (χ3n) is 6.30. The molecule has 3 nitrogen and oxygen atoms in total. The SMILES string of the molecule is C=C[C@@H](C/C=C(\C)Cl)C1(C2=NN[C@@H]([C@H](C)/C(F)=C\CCC)C(C3CC3)=N2)CC1. The highest BCUT2D eigenvalue weighted by atomic mass is 35.5. The van der Waals surface area contributed by atoms with Gasteiger partial charge in [0.05, 0.1) is 6.04 Å². The molecule has 1 heterocycles. The lowest BCUT2D eigenvalue weighted by Gasteiger charge is -2.31. The Morgan fingerprint density at radius 3 is 2.64 bits per heavy atom. The number of halogens is 2. The van der Waals surface area contributed by atoms with Gasteiger partial charge >= 0.3 is 0 Å². The molecule has 5 heteroatoms. The Labute approximate surface area is 173 Å². The van der Waals surface area contributed by atoms with Crippen LogP contribution >= 0.6 is 11.6 Å². The molecule has 0 unspecified atom stereocenters. The molecule has 1 aliphatic heterocycles. The van der Waals surface area contributed by atoms with Crippen molar-refractivity contribution in [3.8, 4) is 0 Å². The van der Waals surface area contributed by atoms with E-state index >= 15 is 0 Å². The van der Waals surface area contributed by atoms with Crippen LogP contribution in [0.3, 0.4) is 0 Å². The van der Waals surface area contributed by atoms with E-state index in [2.05, 4.69) is 30.1 Å². The number of hydrogen-bond donors (Lipinski definition) is 1. The predicted octanol–water partition coefficient (Wildman–Crippen LogP) is 6.53. The van der Waals surface area contributed by atoms with Crippen LogP contribution in [0.4, 0.5) is 4.39 Å². The number of nitrogens with one attached hydrogen (secondary N) is 1. The summed E-state index contributed by atoms with van der Waals surface area (Å²) in [6, 6.07) is -0.146. The molecule has 2 fully saturated rings. The van der Waals surface area contributed by atoms with E-state index in [-0.39, 0.29) is 29.1 Å². The molecular weight excluding hydrogens is 373 g/mol. The van der Waals surface area contributed by atoms with Crippen molar-refractivity contribution in [3.05, 3.63) is 35.7 Å². The standard InChI is InChI=1S/C23H33ClFN3/c1-5-7-8-19(25)16(4)20-21(17-10-11-17)26-22(28-27-20)23(13-14-23)18(6-2)12-9-15(3)24/h6,8-9,16-18,20,27H,2,5,7,10-14H2,1,3-4H3/b15-9+,19-8+/t16-,18+,20+/m1/s1. The lowest BCUT2D eigenvalue weighted by Crippen LogP contribution is -2.45. The van der Waals surface area contributed by atoms with Gasteiger partial charge in [-0.05, 0) is 57.3 Å². The van der Waals surface area contributed by atoms with Crippen LogP contribution in [0.2, 0.25) is 0 Å². The lowest BCUT2D eigenvalue weighted by molar-refractivity contribution is 0.413. The van der Waals surface area contributed by atoms with Crippen LogP contribution in [-0.2, 0) is 0 Å². The summed E-state index contributed by atoms with van der Waals surface area (Å²) in [6.45, 7) is 9.95. The highest BCUT2D eigenvalue weighted by Gasteiger charge is 2.54. The van der Waals surface area contributed by atoms with Gasteiger partial charge in [0.2, 0.25) is 0 Å². The maximum Gasteiger partial charge on any atom is 0.154 e. The van der Waals surface area contributed by atoms with Crippen molar-refractivity contribution in [2.45, 2.75) is 71.8 Å². The fourth-order valence-electron chi connectivity index (χ4n) is 4.09. The Balaban J connectivity index is 1.81. The number of amidine groups is 1. The minimum absolute atomic E-state index is 0.0530. The molecule has 0 amide bonds. The van der Waals surface area contributed by atoms with E-state index in [0.717, 1.165) is 61.5 Å². The van der Waals surface area contributed by atoms with E-state index in [1.54, 1.807) is 6.08 Å². The van der Waals surface area contributed by atoms with Gasteiger partial charge in [-0.15, -0.1) is 6.58 Å². The molecule has 0 spiro atoms. The van der Waals surface area contributed by atoms with Gasteiger partial charge in [-0.25, -0.2) is 9.38 Å². The zero-order valence-electron chi connectivity index (χ0n) is 17.3. The first-order chi connectivity index (χ1) is 13.4. The van der Waals surface area contributed by atoms with Crippen molar-refractivity contribution in [1.82, 2.24) is 5.43 Å². The predicted molar refractivity (Wildman–Crippen MR) is 117 cm³/mol. The lowest BCUT2D eigenvalue weighted by atomic mass is 9.84. The molecule has 2 aliphatic carbocycles. The zero-order chi connectivity index (χ0) is 20.3.